The summed E-state index contributed by atoms with van der Waals surface area (Å²) in [6.07, 6.45) is 2.07. The minimum atomic E-state index is -1.18. The van der Waals surface area contributed by atoms with Crippen molar-refractivity contribution in [3.05, 3.63) is 0 Å². The van der Waals surface area contributed by atoms with Crippen LogP contribution in [0.25, 0.3) is 0 Å². The number of ether oxygens (including phenoxy) is 1. The number of aliphatic carboxylic acids is 1. The van der Waals surface area contributed by atoms with Gasteiger partial charge in [0.25, 0.3) is 0 Å². The number of hydrogen-bond donors (Lipinski definition) is 1. The number of hydrogen-bond acceptors (Lipinski definition) is 3. The fourth-order valence-corrected chi connectivity index (χ4v) is 1.97. The first-order chi connectivity index (χ1) is 6.06. The lowest BCUT2D eigenvalue weighted by atomic mass is 9.90. The Hall–Kier alpha value is -1.06. The van der Waals surface area contributed by atoms with Gasteiger partial charge in [-0.1, -0.05) is 6.92 Å². The highest BCUT2D eigenvalue weighted by Crippen LogP contribution is 2.49. The van der Waals surface area contributed by atoms with Gasteiger partial charge in [0.05, 0.1) is 5.92 Å². The van der Waals surface area contributed by atoms with Crippen molar-refractivity contribution >= 4 is 11.9 Å². The molecule has 2 atom stereocenters. The molecule has 1 heterocycles. The van der Waals surface area contributed by atoms with Crippen molar-refractivity contribution in [3.63, 3.8) is 0 Å². The van der Waals surface area contributed by atoms with Crippen molar-refractivity contribution in [2.75, 3.05) is 0 Å². The molecule has 1 N–H and O–H groups in total. The predicted octanol–water partition coefficient (Wildman–Crippen LogP) is 0.803. The quantitative estimate of drug-likeness (QED) is 0.645. The van der Waals surface area contributed by atoms with E-state index in [-0.39, 0.29) is 17.8 Å². The van der Waals surface area contributed by atoms with E-state index in [1.165, 1.54) is 0 Å². The van der Waals surface area contributed by atoms with Crippen molar-refractivity contribution in [2.45, 2.75) is 31.8 Å². The highest BCUT2D eigenvalue weighted by Gasteiger charge is 2.59. The fourth-order valence-electron chi connectivity index (χ4n) is 1.97. The summed E-state index contributed by atoms with van der Waals surface area (Å²) in [6.45, 7) is 1.72. The molecule has 72 valence electrons. The van der Waals surface area contributed by atoms with Crippen molar-refractivity contribution in [1.29, 1.82) is 0 Å². The van der Waals surface area contributed by atoms with Gasteiger partial charge in [-0.05, 0) is 12.8 Å². The average Bonchev–Trinajstić information content (AvgIpc) is 2.81. The van der Waals surface area contributed by atoms with Crippen LogP contribution in [0.4, 0.5) is 0 Å². The van der Waals surface area contributed by atoms with Crippen molar-refractivity contribution < 1.29 is 19.4 Å². The molecule has 0 amide bonds. The molecule has 4 heteroatoms. The van der Waals surface area contributed by atoms with Gasteiger partial charge in [-0.25, -0.2) is 4.79 Å². The molecule has 2 rings (SSSR count). The van der Waals surface area contributed by atoms with Gasteiger partial charge in [-0.15, -0.1) is 0 Å². The first kappa shape index (κ1) is 8.53. The van der Waals surface area contributed by atoms with Crippen LogP contribution in [-0.4, -0.2) is 22.6 Å². The van der Waals surface area contributed by atoms with E-state index in [4.69, 9.17) is 9.84 Å². The van der Waals surface area contributed by atoms with Gasteiger partial charge in [0.1, 0.15) is 0 Å². The van der Waals surface area contributed by atoms with Gasteiger partial charge >= 0.3 is 11.9 Å². The topological polar surface area (TPSA) is 63.6 Å². The number of cyclic esters (lactones) is 1. The summed E-state index contributed by atoms with van der Waals surface area (Å²) in [5.41, 5.74) is -1.18. The van der Waals surface area contributed by atoms with Gasteiger partial charge < -0.3 is 9.84 Å². The Balaban J connectivity index is 2.25. The number of carbonyl (C=O) groups is 2. The molecule has 0 aromatic rings. The van der Waals surface area contributed by atoms with Crippen LogP contribution in [0.2, 0.25) is 0 Å². The van der Waals surface area contributed by atoms with Crippen molar-refractivity contribution in [2.24, 2.45) is 11.8 Å². The molecule has 1 saturated heterocycles. The van der Waals surface area contributed by atoms with Gasteiger partial charge in [-0.3, -0.25) is 4.79 Å². The van der Waals surface area contributed by atoms with E-state index >= 15 is 0 Å². The molecule has 0 aromatic heterocycles. The lowest BCUT2D eigenvalue weighted by Gasteiger charge is -2.21. The first-order valence-corrected chi connectivity index (χ1v) is 4.52. The lowest BCUT2D eigenvalue weighted by molar-refractivity contribution is -0.172. The Bertz CT molecular complexity index is 269. The minimum absolute atomic E-state index is 0.0545. The van der Waals surface area contributed by atoms with Crippen LogP contribution in [0.3, 0.4) is 0 Å². The van der Waals surface area contributed by atoms with Gasteiger partial charge in [0.2, 0.25) is 5.60 Å². The molecule has 0 bridgehead atoms. The van der Waals surface area contributed by atoms with Crippen LogP contribution in [-0.2, 0) is 14.3 Å². The Kier molecular flexibility index (Phi) is 1.62. The number of esters is 1. The van der Waals surface area contributed by atoms with E-state index in [9.17, 15) is 9.59 Å². The molecular weight excluding hydrogens is 172 g/mol. The Morgan fingerprint density at radius 3 is 2.54 bits per heavy atom. The maximum absolute atomic E-state index is 11.1. The smallest absolute Gasteiger partial charge is 0.348 e. The second-order valence-corrected chi connectivity index (χ2v) is 4.00. The number of carbonyl (C=O) groups excluding carboxylic acids is 1. The molecule has 1 aliphatic carbocycles. The molecule has 2 aliphatic rings. The third kappa shape index (κ3) is 1.12. The van der Waals surface area contributed by atoms with Gasteiger partial charge in [0, 0.05) is 12.3 Å². The van der Waals surface area contributed by atoms with E-state index < -0.39 is 11.6 Å². The molecule has 4 nitrogen and oxygen atoms in total. The monoisotopic (exact) mass is 184 g/mol. The maximum Gasteiger partial charge on any atom is 0.348 e. The Morgan fingerprint density at radius 2 is 2.23 bits per heavy atom. The Morgan fingerprint density at radius 1 is 1.62 bits per heavy atom. The summed E-state index contributed by atoms with van der Waals surface area (Å²) in [5, 5.41) is 9.03. The minimum Gasteiger partial charge on any atom is -0.478 e. The molecule has 1 saturated carbocycles. The predicted molar refractivity (Wildman–Crippen MR) is 43.0 cm³/mol. The summed E-state index contributed by atoms with van der Waals surface area (Å²) >= 11 is 0. The van der Waals surface area contributed by atoms with Crippen LogP contribution >= 0.6 is 0 Å². The first-order valence-electron chi connectivity index (χ1n) is 4.52. The molecule has 1 aliphatic heterocycles. The second kappa shape index (κ2) is 2.47. The molecule has 0 aromatic carbocycles. The zero-order valence-corrected chi connectivity index (χ0v) is 7.45. The average molecular weight is 184 g/mol. The van der Waals surface area contributed by atoms with Crippen LogP contribution < -0.4 is 0 Å². The molecular formula is C9H12O4. The van der Waals surface area contributed by atoms with E-state index in [0.29, 0.717) is 6.42 Å². The summed E-state index contributed by atoms with van der Waals surface area (Å²) in [6, 6.07) is 0. The zero-order valence-electron chi connectivity index (χ0n) is 7.45. The fraction of sp³-hybridized carbons (Fsp3) is 0.778. The van der Waals surface area contributed by atoms with E-state index in [0.717, 1.165) is 12.8 Å². The summed E-state index contributed by atoms with van der Waals surface area (Å²) in [7, 11) is 0. The lowest BCUT2D eigenvalue weighted by Crippen LogP contribution is -2.40. The standard InChI is InChI=1S/C9H12O4/c1-5-4-9(8(11)12,6-2-3-6)13-7(5)10/h5-6H,2-4H2,1H3,(H,11,12). The molecule has 0 radical (unpaired) electrons. The van der Waals surface area contributed by atoms with Crippen LogP contribution in [0.15, 0.2) is 0 Å². The van der Waals surface area contributed by atoms with Crippen LogP contribution in [0, 0.1) is 11.8 Å². The molecule has 0 spiro atoms. The summed E-state index contributed by atoms with van der Waals surface area (Å²) in [5.74, 6) is -1.56. The number of rotatable bonds is 2. The van der Waals surface area contributed by atoms with Gasteiger partial charge in [0.15, 0.2) is 0 Å². The van der Waals surface area contributed by atoms with Crippen LogP contribution in [0.5, 0.6) is 0 Å². The third-order valence-corrected chi connectivity index (χ3v) is 2.89. The molecule has 2 fully saturated rings. The summed E-state index contributed by atoms with van der Waals surface area (Å²) in [4.78, 5) is 22.2. The maximum atomic E-state index is 11.1. The van der Waals surface area contributed by atoms with E-state index in [1.807, 2.05) is 0 Å². The number of carboxylic acids is 1. The van der Waals surface area contributed by atoms with Crippen molar-refractivity contribution in [3.8, 4) is 0 Å². The summed E-state index contributed by atoms with van der Waals surface area (Å²) < 4.78 is 5.01. The molecule has 2 unspecified atom stereocenters. The van der Waals surface area contributed by atoms with Crippen LogP contribution in [0.1, 0.15) is 26.2 Å². The zero-order chi connectivity index (χ0) is 9.64. The largest absolute Gasteiger partial charge is 0.478 e. The Labute approximate surface area is 75.9 Å². The highest BCUT2D eigenvalue weighted by molar-refractivity contribution is 5.87. The normalized spacial score (nSPS) is 38.8. The van der Waals surface area contributed by atoms with Gasteiger partial charge in [-0.2, -0.15) is 0 Å². The highest BCUT2D eigenvalue weighted by atomic mass is 16.6. The number of carboxylic acid groups (broad SMARTS) is 1. The molecule has 13 heavy (non-hydrogen) atoms. The van der Waals surface area contributed by atoms with Crippen molar-refractivity contribution in [1.82, 2.24) is 0 Å². The van der Waals surface area contributed by atoms with E-state index in [1.54, 1.807) is 6.92 Å². The van der Waals surface area contributed by atoms with E-state index in [2.05, 4.69) is 0 Å². The SMILES string of the molecule is CC1CC(C(=O)O)(C2CC2)OC1=O. The second-order valence-electron chi connectivity index (χ2n) is 4.00. The third-order valence-electron chi connectivity index (χ3n) is 2.89.